The Morgan fingerprint density at radius 1 is 0.576 bits per heavy atom. The molecule has 18 unspecified atom stereocenters. The number of carbonyl (C=O) groups excluding carboxylic acids is 2. The monoisotopic (exact) mass is 1320 g/mol. The Kier molecular flexibility index (Phi) is 44.7. The Bertz CT molecular complexity index is 2000. The molecular weight excluding hydrogens is 1190 g/mol. The number of hydrogen-bond donors (Lipinski definition) is 14. The van der Waals surface area contributed by atoms with Gasteiger partial charge in [0.15, 0.2) is 12.6 Å². The first-order valence-corrected chi connectivity index (χ1v) is 35.4. The molecule has 3 rings (SSSR count). The van der Waals surface area contributed by atoms with Crippen molar-refractivity contribution in [3.63, 3.8) is 0 Å². The molecule has 14 N–H and O–H groups in total. The third-order valence-electron chi connectivity index (χ3n) is 17.8. The van der Waals surface area contributed by atoms with Gasteiger partial charge >= 0.3 is 5.97 Å². The number of carboxylic acid groups (broad SMARTS) is 1. The Morgan fingerprint density at radius 3 is 1.53 bits per heavy atom. The van der Waals surface area contributed by atoms with Crippen LogP contribution in [0.4, 0.5) is 0 Å². The molecular formula is C69H124N2O21. The van der Waals surface area contributed by atoms with E-state index in [1.807, 2.05) is 6.08 Å². The van der Waals surface area contributed by atoms with Gasteiger partial charge in [0.25, 0.3) is 5.79 Å². The van der Waals surface area contributed by atoms with Crippen LogP contribution < -0.4 is 10.6 Å². The standard InChI is InChI=1S/C69H124N2O21/c1-4-6-8-10-12-14-16-18-20-22-24-26-28-30-32-34-36-38-40-42-51(76)50(71-56(79)43-41-39-37-35-33-31-29-27-25-23-21-19-17-15-13-11-9-7-5-2)48-87-66-61(83)60(82)63(55(47-74)89-66)90-67-62(84)65(59(81)54(46-73)88-67)92-69(68(85)86)44-52(77)57(70-49(3)75)64(91-69)58(80)53(78)45-72/h13,15,17,19,40,42,50-55,57-67,72-74,76-78,80-84H,4-12,14,16,18,20-39,41,43-48H2,1-3H3,(H,70,75)(H,71,79)(H,85,86)/b15-13-,19-17-,42-40+. The fourth-order valence-corrected chi connectivity index (χ4v) is 12.2. The molecule has 23 nitrogen and oxygen atoms in total. The van der Waals surface area contributed by atoms with Gasteiger partial charge in [-0.1, -0.05) is 217 Å². The molecule has 18 atom stereocenters. The summed E-state index contributed by atoms with van der Waals surface area (Å²) >= 11 is 0. The van der Waals surface area contributed by atoms with Crippen LogP contribution in [-0.4, -0.2) is 215 Å². The first-order valence-electron chi connectivity index (χ1n) is 35.4. The maximum Gasteiger partial charge on any atom is 0.364 e. The number of unbranched alkanes of at least 4 members (excludes halogenated alkanes) is 30. The molecule has 0 aromatic carbocycles. The van der Waals surface area contributed by atoms with Crippen molar-refractivity contribution in [3.8, 4) is 0 Å². The fraction of sp³-hybridized carbons (Fsp3) is 0.870. The van der Waals surface area contributed by atoms with Crippen molar-refractivity contribution in [3.05, 3.63) is 36.5 Å². The molecule has 92 heavy (non-hydrogen) atoms. The number of aliphatic hydroxyl groups is 11. The normalized spacial score (nSPS) is 28.4. The smallest absolute Gasteiger partial charge is 0.364 e. The maximum atomic E-state index is 13.5. The zero-order valence-electron chi connectivity index (χ0n) is 55.9. The van der Waals surface area contributed by atoms with Crippen molar-refractivity contribution >= 4 is 17.8 Å². The topological polar surface area (TPSA) is 373 Å². The largest absolute Gasteiger partial charge is 0.477 e. The zero-order valence-corrected chi connectivity index (χ0v) is 55.9. The highest BCUT2D eigenvalue weighted by Crippen LogP contribution is 2.39. The maximum absolute atomic E-state index is 13.5. The lowest BCUT2D eigenvalue weighted by Crippen LogP contribution is -2.70. The lowest BCUT2D eigenvalue weighted by molar-refractivity contribution is -0.386. The zero-order chi connectivity index (χ0) is 67.5. The van der Waals surface area contributed by atoms with Crippen molar-refractivity contribution in [2.45, 2.75) is 355 Å². The molecule has 3 aliphatic heterocycles. The summed E-state index contributed by atoms with van der Waals surface area (Å²) < 4.78 is 34.8. The first kappa shape index (κ1) is 83.2. The fourth-order valence-electron chi connectivity index (χ4n) is 12.2. The summed E-state index contributed by atoms with van der Waals surface area (Å²) in [4.78, 5) is 38.6. The number of carboxylic acids is 1. The van der Waals surface area contributed by atoms with E-state index >= 15 is 0 Å². The molecule has 3 aliphatic rings. The molecule has 0 saturated carbocycles. The van der Waals surface area contributed by atoms with E-state index in [0.717, 1.165) is 64.7 Å². The minimum absolute atomic E-state index is 0.195. The van der Waals surface area contributed by atoms with E-state index < -0.39 is 155 Å². The number of aliphatic carboxylic acids is 1. The Labute approximate surface area is 548 Å². The second-order valence-electron chi connectivity index (χ2n) is 25.8. The predicted octanol–water partition coefficient (Wildman–Crippen LogP) is 6.62. The highest BCUT2D eigenvalue weighted by Gasteiger charge is 2.60. The van der Waals surface area contributed by atoms with E-state index in [4.69, 9.17) is 28.4 Å². The van der Waals surface area contributed by atoms with Crippen LogP contribution in [0.25, 0.3) is 0 Å². The van der Waals surface area contributed by atoms with Gasteiger partial charge in [0.2, 0.25) is 11.8 Å². The van der Waals surface area contributed by atoms with Crippen LogP contribution in [-0.2, 0) is 42.8 Å². The summed E-state index contributed by atoms with van der Waals surface area (Å²) in [6.07, 6.45) is 21.7. The molecule has 0 spiro atoms. The molecule has 0 aromatic rings. The number of carbonyl (C=O) groups is 3. The van der Waals surface area contributed by atoms with E-state index in [2.05, 4.69) is 48.8 Å². The summed E-state index contributed by atoms with van der Waals surface area (Å²) in [7, 11) is 0. The van der Waals surface area contributed by atoms with Gasteiger partial charge in [0.05, 0.1) is 50.7 Å². The van der Waals surface area contributed by atoms with Crippen LogP contribution in [0.15, 0.2) is 36.5 Å². The number of ether oxygens (including phenoxy) is 6. The molecule has 0 aromatic heterocycles. The van der Waals surface area contributed by atoms with Crippen LogP contribution in [0, 0.1) is 0 Å². The molecule has 0 bridgehead atoms. The van der Waals surface area contributed by atoms with E-state index in [0.29, 0.717) is 12.8 Å². The van der Waals surface area contributed by atoms with Gasteiger partial charge < -0.3 is 100 Å². The third kappa shape index (κ3) is 31.4. The van der Waals surface area contributed by atoms with E-state index in [9.17, 15) is 75.7 Å². The second kappa shape index (κ2) is 49.5. The number of allylic oxidation sites excluding steroid dienone is 5. The van der Waals surface area contributed by atoms with E-state index in [-0.39, 0.29) is 12.3 Å². The second-order valence-corrected chi connectivity index (χ2v) is 25.8. The molecule has 3 heterocycles. The van der Waals surface area contributed by atoms with Crippen molar-refractivity contribution < 1.29 is 104 Å². The highest BCUT2D eigenvalue weighted by atomic mass is 16.8. The summed E-state index contributed by atoms with van der Waals surface area (Å²) in [6.45, 7) is 2.11. The minimum atomic E-state index is -3.08. The van der Waals surface area contributed by atoms with Crippen LogP contribution in [0.1, 0.15) is 245 Å². The summed E-state index contributed by atoms with van der Waals surface area (Å²) in [5.41, 5.74) is 0. The predicted molar refractivity (Wildman–Crippen MR) is 347 cm³/mol. The van der Waals surface area contributed by atoms with Gasteiger partial charge in [-0.3, -0.25) is 9.59 Å². The molecule has 536 valence electrons. The molecule has 2 amide bonds. The Morgan fingerprint density at radius 2 is 1.04 bits per heavy atom. The number of nitrogens with one attached hydrogen (secondary N) is 2. The SMILES string of the molecule is CCCCC/C=C\C=C/CCCCCCCCCCCCC(=O)NC(COC1OC(CO)C(OC2OC(CO)C(O)C(OC3(C(=O)O)CC(O)C(NC(C)=O)C(C(O)C(O)CO)O3)C2O)C(O)C1O)C(O)/C=C/CCCCCCCCCCCCCCCCCCC. The molecule has 0 aliphatic carbocycles. The van der Waals surface area contributed by atoms with Crippen LogP contribution >= 0.6 is 0 Å². The van der Waals surface area contributed by atoms with Gasteiger partial charge in [0.1, 0.15) is 67.1 Å². The van der Waals surface area contributed by atoms with Crippen LogP contribution in [0.2, 0.25) is 0 Å². The summed E-state index contributed by atoms with van der Waals surface area (Å²) in [6, 6.07) is -2.62. The summed E-state index contributed by atoms with van der Waals surface area (Å²) in [5.74, 6) is -6.15. The van der Waals surface area contributed by atoms with Crippen LogP contribution in [0.3, 0.4) is 0 Å². The lowest BCUT2D eigenvalue weighted by atomic mass is 9.88. The minimum Gasteiger partial charge on any atom is -0.477 e. The number of rotatable bonds is 53. The van der Waals surface area contributed by atoms with Gasteiger partial charge in [-0.05, 0) is 44.9 Å². The lowest BCUT2D eigenvalue weighted by Gasteiger charge is -2.50. The third-order valence-corrected chi connectivity index (χ3v) is 17.8. The molecule has 3 saturated heterocycles. The number of hydrogen-bond acceptors (Lipinski definition) is 20. The average molecular weight is 1320 g/mol. The molecule has 0 radical (unpaired) electrons. The van der Waals surface area contributed by atoms with Crippen molar-refractivity contribution in [1.82, 2.24) is 10.6 Å². The molecule has 23 heteroatoms. The van der Waals surface area contributed by atoms with Crippen molar-refractivity contribution in [1.29, 1.82) is 0 Å². The Hall–Kier alpha value is -3.05. The van der Waals surface area contributed by atoms with Gasteiger partial charge in [-0.25, -0.2) is 4.79 Å². The van der Waals surface area contributed by atoms with Gasteiger partial charge in [0, 0.05) is 19.8 Å². The number of amides is 2. The van der Waals surface area contributed by atoms with Crippen LogP contribution in [0.5, 0.6) is 0 Å². The molecule has 3 fully saturated rings. The highest BCUT2D eigenvalue weighted by molar-refractivity contribution is 5.77. The van der Waals surface area contributed by atoms with Gasteiger partial charge in [-0.15, -0.1) is 0 Å². The average Bonchev–Trinajstić information content (AvgIpc) is 0.767. The summed E-state index contributed by atoms with van der Waals surface area (Å²) in [5, 5.41) is 136. The van der Waals surface area contributed by atoms with E-state index in [1.165, 1.54) is 141 Å². The Balaban J connectivity index is 1.60. The van der Waals surface area contributed by atoms with Crippen molar-refractivity contribution in [2.75, 3.05) is 26.4 Å². The number of aliphatic hydroxyl groups excluding tert-OH is 11. The first-order chi connectivity index (χ1) is 44.4. The quantitative estimate of drug-likeness (QED) is 0.0173. The van der Waals surface area contributed by atoms with E-state index in [1.54, 1.807) is 6.08 Å². The van der Waals surface area contributed by atoms with Gasteiger partial charge in [-0.2, -0.15) is 0 Å². The van der Waals surface area contributed by atoms with Crippen molar-refractivity contribution in [2.24, 2.45) is 0 Å².